The number of rotatable bonds is 15. The van der Waals surface area contributed by atoms with Crippen LogP contribution >= 0.6 is 0 Å². The monoisotopic (exact) mass is 1110 g/mol. The summed E-state index contributed by atoms with van der Waals surface area (Å²) in [6.07, 6.45) is -28.4. The summed E-state index contributed by atoms with van der Waals surface area (Å²) in [6, 6.07) is 0. The van der Waals surface area contributed by atoms with E-state index >= 15 is 0 Å². The Kier molecular flexibility index (Phi) is 18.6. The van der Waals surface area contributed by atoms with Gasteiger partial charge in [-0.25, -0.2) is 0 Å². The maximum Gasteiger partial charge on any atom is 0.187 e. The SMILES string of the molecule is CC(C)=CCC[C@](C)(O[C@H]1O[C@H](CO[C@H]2O[C@H](CO)[C@@H](O)[C@H](O)[C@H]2O)[C@@H](O)[C@H](O)[C@H]1O)[C@H]1CC[C@]2(C)[C@@H]1[C@H](O)C[C@@H]1[C@@]3(C)CC[C@H](O)C(C)(C)[C@H]3[C@@H](O[C@H]3O[C@H](CO)[C@@H](O)[C@H](O)[C@H]3O[C@H]3O[C@@H](C)[C@H](O)[C@@H](O)[C@H]3O)C[C@]12C. The molecule has 0 amide bonds. The van der Waals surface area contributed by atoms with Crippen molar-refractivity contribution in [3.63, 3.8) is 0 Å². The highest BCUT2D eigenvalue weighted by molar-refractivity contribution is 5.22. The van der Waals surface area contributed by atoms with Crippen molar-refractivity contribution in [2.75, 3.05) is 19.8 Å². The smallest absolute Gasteiger partial charge is 0.187 e. The normalized spacial score (nSPS) is 53.6. The molecule has 8 rings (SSSR count). The quantitative estimate of drug-likeness (QED) is 0.0611. The number of aliphatic hydroxyl groups is 15. The van der Waals surface area contributed by atoms with Crippen molar-refractivity contribution in [2.24, 2.45) is 45.3 Å². The van der Waals surface area contributed by atoms with Crippen LogP contribution in [0.3, 0.4) is 0 Å². The molecule has 77 heavy (non-hydrogen) atoms. The zero-order valence-electron chi connectivity index (χ0n) is 45.9. The van der Waals surface area contributed by atoms with Crippen LogP contribution in [0.4, 0.5) is 0 Å². The third-order valence-electron chi connectivity index (χ3n) is 20.8. The maximum atomic E-state index is 12.9. The number of fused-ring (bicyclic) bond motifs is 5. The highest BCUT2D eigenvalue weighted by atomic mass is 16.8. The number of hydrogen-bond acceptors (Lipinski definition) is 23. The van der Waals surface area contributed by atoms with Crippen LogP contribution in [0, 0.1) is 45.3 Å². The van der Waals surface area contributed by atoms with Gasteiger partial charge < -0.3 is 114 Å². The first-order valence-electron chi connectivity index (χ1n) is 27.8. The Labute approximate surface area is 450 Å². The van der Waals surface area contributed by atoms with Crippen molar-refractivity contribution in [1.82, 2.24) is 0 Å². The van der Waals surface area contributed by atoms with Crippen LogP contribution in [-0.2, 0) is 37.9 Å². The van der Waals surface area contributed by atoms with E-state index in [2.05, 4.69) is 26.8 Å². The Bertz CT molecular complexity index is 2010. The topological polar surface area (TPSA) is 377 Å². The van der Waals surface area contributed by atoms with Gasteiger partial charge in [-0.1, -0.05) is 46.3 Å². The Balaban J connectivity index is 1.11. The van der Waals surface area contributed by atoms with Crippen molar-refractivity contribution in [3.05, 3.63) is 11.6 Å². The van der Waals surface area contributed by atoms with Crippen LogP contribution in [0.25, 0.3) is 0 Å². The second kappa shape index (κ2) is 23.1. The minimum absolute atomic E-state index is 0.152. The predicted octanol–water partition coefficient (Wildman–Crippen LogP) is -2.20. The first-order valence-corrected chi connectivity index (χ1v) is 27.8. The zero-order valence-corrected chi connectivity index (χ0v) is 45.9. The Hall–Kier alpha value is -1.18. The van der Waals surface area contributed by atoms with Crippen molar-refractivity contribution in [3.8, 4) is 0 Å². The second-order valence-electron chi connectivity index (χ2n) is 25.9. The standard InChI is InChI=1S/C54H92O23/c1-22(2)11-10-14-54(9,77-48-43(69)39(65)36(62)29(75-48)21-70-46-41(67)38(64)34(60)27(19-55)73-46)24-12-16-52(7)32(24)25(57)17-30-51(6)15-13-31(58)50(4,5)45(51)26(18-53(30,52)8)72-49-44(40(66)35(61)28(20-56)74-49)76-47-42(68)37(63)33(59)23(3)71-47/h11,23-49,55-69H,10,12-21H2,1-9H3/t23-,24-,25+,26-,27+,28+,29+,30+,31-,32-,33-,34+,35+,36+,37+,38-,39-,40-,41+,42+,43+,44+,45+,46-,47+,48+,49-,51+,52+,53+,54-/m0/s1. The summed E-state index contributed by atoms with van der Waals surface area (Å²) in [6.45, 7) is 15.9. The molecule has 0 aromatic heterocycles. The molecule has 15 N–H and O–H groups in total. The van der Waals surface area contributed by atoms with Crippen molar-refractivity contribution < 1.29 is 114 Å². The molecule has 23 nitrogen and oxygen atoms in total. The average molecular weight is 1110 g/mol. The first kappa shape index (κ1) is 61.9. The fraction of sp³-hybridized carbons (Fsp3) is 0.963. The lowest BCUT2D eigenvalue weighted by molar-refractivity contribution is -0.382. The molecule has 0 radical (unpaired) electrons. The summed E-state index contributed by atoms with van der Waals surface area (Å²) in [5.74, 6) is -1.45. The largest absolute Gasteiger partial charge is 0.394 e. The number of ether oxygens (including phenoxy) is 8. The summed E-state index contributed by atoms with van der Waals surface area (Å²) < 4.78 is 49.8. The van der Waals surface area contributed by atoms with Gasteiger partial charge in [-0.2, -0.15) is 0 Å². The lowest BCUT2D eigenvalue weighted by atomic mass is 9.34. The van der Waals surface area contributed by atoms with Crippen molar-refractivity contribution in [2.45, 2.75) is 260 Å². The van der Waals surface area contributed by atoms with E-state index in [1.54, 1.807) is 0 Å². The molecular weight excluding hydrogens is 1020 g/mol. The van der Waals surface area contributed by atoms with Gasteiger partial charge in [0.2, 0.25) is 0 Å². The fourth-order valence-corrected chi connectivity index (χ4v) is 16.3. The summed E-state index contributed by atoms with van der Waals surface area (Å²) >= 11 is 0. The van der Waals surface area contributed by atoms with E-state index in [1.807, 2.05) is 34.6 Å². The molecule has 446 valence electrons. The Morgan fingerprint density at radius 3 is 1.79 bits per heavy atom. The highest BCUT2D eigenvalue weighted by Gasteiger charge is 2.74. The molecule has 4 saturated heterocycles. The summed E-state index contributed by atoms with van der Waals surface area (Å²) in [4.78, 5) is 0. The van der Waals surface area contributed by atoms with Crippen LogP contribution in [0.15, 0.2) is 11.6 Å². The predicted molar refractivity (Wildman–Crippen MR) is 266 cm³/mol. The van der Waals surface area contributed by atoms with Gasteiger partial charge in [-0.05, 0) is 124 Å². The molecule has 4 heterocycles. The van der Waals surface area contributed by atoms with E-state index in [-0.39, 0.29) is 5.92 Å². The van der Waals surface area contributed by atoms with Gasteiger partial charge >= 0.3 is 0 Å². The third kappa shape index (κ3) is 10.8. The van der Waals surface area contributed by atoms with Crippen LogP contribution in [0.1, 0.15) is 114 Å². The number of hydrogen-bond donors (Lipinski definition) is 15. The van der Waals surface area contributed by atoms with Crippen LogP contribution < -0.4 is 0 Å². The van der Waals surface area contributed by atoms with E-state index in [4.69, 9.17) is 37.9 Å². The van der Waals surface area contributed by atoms with Crippen molar-refractivity contribution >= 4 is 0 Å². The molecule has 8 aliphatic rings. The average Bonchev–Trinajstić information content (AvgIpc) is 3.86. The van der Waals surface area contributed by atoms with E-state index in [1.165, 1.54) is 6.92 Å². The fourth-order valence-electron chi connectivity index (χ4n) is 16.3. The van der Waals surface area contributed by atoms with E-state index in [0.717, 1.165) is 5.57 Å². The molecule has 0 aromatic rings. The van der Waals surface area contributed by atoms with E-state index in [0.29, 0.717) is 51.4 Å². The molecule has 4 saturated carbocycles. The lowest BCUT2D eigenvalue weighted by Gasteiger charge is -2.72. The number of allylic oxidation sites excluding steroid dienone is 2. The molecule has 4 aliphatic carbocycles. The maximum absolute atomic E-state index is 12.9. The second-order valence-corrected chi connectivity index (χ2v) is 25.9. The van der Waals surface area contributed by atoms with Crippen LogP contribution in [0.5, 0.6) is 0 Å². The third-order valence-corrected chi connectivity index (χ3v) is 20.8. The molecule has 23 heteroatoms. The molecule has 0 spiro atoms. The molecule has 0 unspecified atom stereocenters. The minimum Gasteiger partial charge on any atom is -0.394 e. The Morgan fingerprint density at radius 2 is 1.17 bits per heavy atom. The van der Waals surface area contributed by atoms with Gasteiger partial charge in [-0.3, -0.25) is 0 Å². The van der Waals surface area contributed by atoms with Gasteiger partial charge in [0.05, 0.1) is 49.8 Å². The lowest BCUT2D eigenvalue weighted by Crippen LogP contribution is -2.71. The highest BCUT2D eigenvalue weighted by Crippen LogP contribution is 2.76. The van der Waals surface area contributed by atoms with Crippen LogP contribution in [0.2, 0.25) is 0 Å². The van der Waals surface area contributed by atoms with Crippen molar-refractivity contribution in [1.29, 1.82) is 0 Å². The van der Waals surface area contributed by atoms with Gasteiger partial charge in [0.1, 0.15) is 91.6 Å². The van der Waals surface area contributed by atoms with Gasteiger partial charge in [0.15, 0.2) is 25.2 Å². The van der Waals surface area contributed by atoms with E-state index < -0.39 is 206 Å². The number of aliphatic hydroxyl groups excluding tert-OH is 15. The molecule has 0 bridgehead atoms. The van der Waals surface area contributed by atoms with Gasteiger partial charge in [0, 0.05) is 0 Å². The zero-order chi connectivity index (χ0) is 56.8. The molecule has 4 aliphatic heterocycles. The Morgan fingerprint density at radius 1 is 0.610 bits per heavy atom. The summed E-state index contributed by atoms with van der Waals surface area (Å²) in [5, 5.41) is 165. The summed E-state index contributed by atoms with van der Waals surface area (Å²) in [5.41, 5.74) is -2.90. The minimum atomic E-state index is -1.81. The van der Waals surface area contributed by atoms with Crippen LogP contribution in [-0.4, -0.2) is 243 Å². The van der Waals surface area contributed by atoms with Gasteiger partial charge in [-0.15, -0.1) is 0 Å². The molecule has 8 fully saturated rings. The molecule has 0 aromatic carbocycles. The molecule has 31 atom stereocenters. The summed E-state index contributed by atoms with van der Waals surface area (Å²) in [7, 11) is 0. The molecular formula is C54H92O23. The first-order chi connectivity index (χ1) is 35.9. The van der Waals surface area contributed by atoms with Gasteiger partial charge in [0.25, 0.3) is 0 Å². The van der Waals surface area contributed by atoms with E-state index in [9.17, 15) is 76.6 Å².